The number of benzene rings is 1. The third kappa shape index (κ3) is 6.27. The minimum absolute atomic E-state index is 0.137. The van der Waals surface area contributed by atoms with Crippen LogP contribution in [0, 0.1) is 6.92 Å². The average Bonchev–Trinajstić information content (AvgIpc) is 3.06. The molecular weight excluding hydrogens is 386 g/mol. The fourth-order valence-electron chi connectivity index (χ4n) is 3.17. The topological polar surface area (TPSA) is 77.6 Å². The predicted octanol–water partition coefficient (Wildman–Crippen LogP) is 3.33. The highest BCUT2D eigenvalue weighted by atomic mass is 32.1. The molecular formula is C21H29N5O2S. The predicted molar refractivity (Wildman–Crippen MR) is 116 cm³/mol. The van der Waals surface area contributed by atoms with Crippen LogP contribution in [-0.2, 0) is 6.54 Å². The molecule has 0 radical (unpaired) electrons. The molecule has 2 aromatic rings. The maximum atomic E-state index is 12.6. The molecule has 1 aliphatic heterocycles. The van der Waals surface area contributed by atoms with Crippen molar-refractivity contribution in [2.24, 2.45) is 0 Å². The lowest BCUT2D eigenvalue weighted by molar-refractivity contribution is 0.0919. The first-order valence-corrected chi connectivity index (χ1v) is 10.7. The smallest absolute Gasteiger partial charge is 0.321 e. The van der Waals surface area contributed by atoms with Crippen molar-refractivity contribution >= 4 is 29.0 Å². The van der Waals surface area contributed by atoms with Crippen LogP contribution in [0.1, 0.15) is 41.8 Å². The number of hydrogen-bond donors (Lipinski definition) is 2. The number of amides is 3. The Balaban J connectivity index is 1.52. The van der Waals surface area contributed by atoms with E-state index in [4.69, 9.17) is 0 Å². The van der Waals surface area contributed by atoms with E-state index in [1.54, 1.807) is 35.6 Å². The largest absolute Gasteiger partial charge is 0.347 e. The van der Waals surface area contributed by atoms with Crippen LogP contribution in [0.3, 0.4) is 0 Å². The summed E-state index contributed by atoms with van der Waals surface area (Å²) in [5.74, 6) is -0.153. The van der Waals surface area contributed by atoms with Crippen molar-refractivity contribution in [2.75, 3.05) is 31.5 Å². The number of anilines is 1. The van der Waals surface area contributed by atoms with Crippen LogP contribution in [0.15, 0.2) is 29.6 Å². The SMILES string of the molecule is Cc1nc(CN2CCN(C(=O)Nc3cccc(C(=O)NC(C)(C)C)c3)CC2)cs1. The molecule has 0 atom stereocenters. The summed E-state index contributed by atoms with van der Waals surface area (Å²) in [6.45, 7) is 11.6. The number of aryl methyl sites for hydroxylation is 1. The Morgan fingerprint density at radius 3 is 2.52 bits per heavy atom. The number of nitrogens with zero attached hydrogens (tertiary/aromatic N) is 3. The first kappa shape index (κ1) is 21.3. The van der Waals surface area contributed by atoms with Gasteiger partial charge in [-0.15, -0.1) is 11.3 Å². The maximum absolute atomic E-state index is 12.6. The molecule has 1 aromatic carbocycles. The van der Waals surface area contributed by atoms with E-state index in [1.165, 1.54) is 0 Å². The molecule has 0 saturated carbocycles. The monoisotopic (exact) mass is 415 g/mol. The van der Waals surface area contributed by atoms with Crippen LogP contribution in [0.2, 0.25) is 0 Å². The fourth-order valence-corrected chi connectivity index (χ4v) is 3.78. The molecule has 1 saturated heterocycles. The van der Waals surface area contributed by atoms with E-state index in [9.17, 15) is 9.59 Å². The first-order chi connectivity index (χ1) is 13.7. The van der Waals surface area contributed by atoms with E-state index in [1.807, 2.05) is 32.6 Å². The van der Waals surface area contributed by atoms with Crippen LogP contribution in [0.25, 0.3) is 0 Å². The number of thiazole rings is 1. The van der Waals surface area contributed by atoms with Gasteiger partial charge in [0.1, 0.15) is 0 Å². The van der Waals surface area contributed by atoms with Gasteiger partial charge in [0.15, 0.2) is 0 Å². The van der Waals surface area contributed by atoms with Crippen LogP contribution < -0.4 is 10.6 Å². The third-order valence-electron chi connectivity index (χ3n) is 4.58. The molecule has 1 aromatic heterocycles. The molecule has 3 amide bonds. The van der Waals surface area contributed by atoms with E-state index in [0.29, 0.717) is 24.3 Å². The maximum Gasteiger partial charge on any atom is 0.321 e. The molecule has 2 heterocycles. The Bertz CT molecular complexity index is 866. The number of carbonyl (C=O) groups excluding carboxylic acids is 2. The average molecular weight is 416 g/mol. The van der Waals surface area contributed by atoms with Gasteiger partial charge >= 0.3 is 6.03 Å². The van der Waals surface area contributed by atoms with E-state index in [2.05, 4.69) is 25.9 Å². The van der Waals surface area contributed by atoms with Crippen molar-refractivity contribution in [3.63, 3.8) is 0 Å². The second-order valence-corrected chi connectivity index (χ2v) is 9.40. The van der Waals surface area contributed by atoms with Crippen molar-refractivity contribution < 1.29 is 9.59 Å². The summed E-state index contributed by atoms with van der Waals surface area (Å²) < 4.78 is 0. The van der Waals surface area contributed by atoms with Gasteiger partial charge in [-0.05, 0) is 45.9 Å². The number of nitrogens with one attached hydrogen (secondary N) is 2. The standard InChI is InChI=1S/C21H29N5O2S/c1-15-22-18(14-29-15)13-25-8-10-26(11-9-25)20(28)23-17-7-5-6-16(12-17)19(27)24-21(2,3)4/h5-7,12,14H,8-11,13H2,1-4H3,(H,23,28)(H,24,27). The van der Waals surface area contributed by atoms with Crippen LogP contribution in [0.5, 0.6) is 0 Å². The molecule has 8 heteroatoms. The van der Waals surface area contributed by atoms with Gasteiger partial charge in [-0.2, -0.15) is 0 Å². The summed E-state index contributed by atoms with van der Waals surface area (Å²) in [6.07, 6.45) is 0. The molecule has 2 N–H and O–H groups in total. The molecule has 29 heavy (non-hydrogen) atoms. The first-order valence-electron chi connectivity index (χ1n) is 9.81. The number of piperazine rings is 1. The quantitative estimate of drug-likeness (QED) is 0.803. The van der Waals surface area contributed by atoms with Gasteiger partial charge in [-0.25, -0.2) is 9.78 Å². The second kappa shape index (κ2) is 8.92. The molecule has 0 unspecified atom stereocenters. The van der Waals surface area contributed by atoms with Gasteiger partial charge in [0, 0.05) is 54.9 Å². The lowest BCUT2D eigenvalue weighted by Crippen LogP contribution is -2.49. The van der Waals surface area contributed by atoms with Gasteiger partial charge in [0.2, 0.25) is 0 Å². The number of carbonyl (C=O) groups is 2. The molecule has 0 bridgehead atoms. The van der Waals surface area contributed by atoms with E-state index < -0.39 is 0 Å². The summed E-state index contributed by atoms with van der Waals surface area (Å²) in [5.41, 5.74) is 1.93. The summed E-state index contributed by atoms with van der Waals surface area (Å²) in [5, 5.41) is 9.02. The van der Waals surface area contributed by atoms with Gasteiger partial charge in [-0.3, -0.25) is 9.69 Å². The highest BCUT2D eigenvalue weighted by Gasteiger charge is 2.22. The van der Waals surface area contributed by atoms with Gasteiger partial charge in [0.05, 0.1) is 10.7 Å². The van der Waals surface area contributed by atoms with Crippen molar-refractivity contribution in [3.8, 4) is 0 Å². The third-order valence-corrected chi connectivity index (χ3v) is 5.40. The Labute approximate surface area is 176 Å². The minimum Gasteiger partial charge on any atom is -0.347 e. The summed E-state index contributed by atoms with van der Waals surface area (Å²) in [4.78, 5) is 33.6. The van der Waals surface area contributed by atoms with Gasteiger partial charge < -0.3 is 15.5 Å². The Morgan fingerprint density at radius 1 is 1.17 bits per heavy atom. The van der Waals surface area contributed by atoms with Crippen molar-refractivity contribution in [1.29, 1.82) is 0 Å². The number of rotatable bonds is 4. The number of aromatic nitrogens is 1. The fraction of sp³-hybridized carbons (Fsp3) is 0.476. The summed E-state index contributed by atoms with van der Waals surface area (Å²) >= 11 is 1.66. The van der Waals surface area contributed by atoms with Gasteiger partial charge in [0.25, 0.3) is 5.91 Å². The Hall–Kier alpha value is -2.45. The van der Waals surface area contributed by atoms with Crippen molar-refractivity contribution in [2.45, 2.75) is 39.8 Å². The molecule has 7 nitrogen and oxygen atoms in total. The van der Waals surface area contributed by atoms with Crippen LogP contribution in [0.4, 0.5) is 10.5 Å². The summed E-state index contributed by atoms with van der Waals surface area (Å²) in [6, 6.07) is 6.89. The van der Waals surface area contributed by atoms with E-state index in [0.717, 1.165) is 30.3 Å². The van der Waals surface area contributed by atoms with Crippen molar-refractivity contribution in [1.82, 2.24) is 20.1 Å². The molecule has 1 aliphatic rings. The highest BCUT2D eigenvalue weighted by molar-refractivity contribution is 7.09. The second-order valence-electron chi connectivity index (χ2n) is 8.34. The molecule has 1 fully saturated rings. The van der Waals surface area contributed by atoms with E-state index >= 15 is 0 Å². The zero-order valence-electron chi connectivity index (χ0n) is 17.5. The molecule has 156 valence electrons. The number of urea groups is 1. The Kier molecular flexibility index (Phi) is 6.54. The summed E-state index contributed by atoms with van der Waals surface area (Å²) in [7, 11) is 0. The van der Waals surface area contributed by atoms with Gasteiger partial charge in [-0.1, -0.05) is 6.07 Å². The lowest BCUT2D eigenvalue weighted by atomic mass is 10.1. The normalized spacial score (nSPS) is 15.2. The lowest BCUT2D eigenvalue weighted by Gasteiger charge is -2.34. The van der Waals surface area contributed by atoms with Crippen LogP contribution in [-0.4, -0.2) is 58.4 Å². The zero-order valence-corrected chi connectivity index (χ0v) is 18.3. The minimum atomic E-state index is -0.312. The molecule has 0 aliphatic carbocycles. The van der Waals surface area contributed by atoms with Crippen molar-refractivity contribution in [3.05, 3.63) is 45.9 Å². The molecule has 0 spiro atoms. The highest BCUT2D eigenvalue weighted by Crippen LogP contribution is 2.15. The number of hydrogen-bond acceptors (Lipinski definition) is 5. The van der Waals surface area contributed by atoms with Crippen LogP contribution >= 0.6 is 11.3 Å². The zero-order chi connectivity index (χ0) is 21.0. The Morgan fingerprint density at radius 2 is 1.90 bits per heavy atom. The van der Waals surface area contributed by atoms with E-state index in [-0.39, 0.29) is 17.5 Å². The molecule has 3 rings (SSSR count).